The average molecular weight is 280 g/mol. The maximum Gasteiger partial charge on any atom is 0.311 e. The van der Waals surface area contributed by atoms with E-state index in [0.717, 1.165) is 16.8 Å². The van der Waals surface area contributed by atoms with Gasteiger partial charge in [-0.3, -0.25) is 4.79 Å². The zero-order chi connectivity index (χ0) is 14.3. The van der Waals surface area contributed by atoms with Crippen molar-refractivity contribution in [3.63, 3.8) is 0 Å². The number of hydrogen-bond donors (Lipinski definition) is 1. The van der Waals surface area contributed by atoms with Crippen molar-refractivity contribution in [2.45, 2.75) is 19.4 Å². The van der Waals surface area contributed by atoms with Crippen LogP contribution in [0.15, 0.2) is 18.2 Å². The van der Waals surface area contributed by atoms with Gasteiger partial charge in [0.2, 0.25) is 0 Å². The van der Waals surface area contributed by atoms with E-state index in [-0.39, 0.29) is 17.9 Å². The monoisotopic (exact) mass is 280 g/mol. The van der Waals surface area contributed by atoms with Crippen LogP contribution in [0.3, 0.4) is 0 Å². The van der Waals surface area contributed by atoms with E-state index in [1.54, 1.807) is 0 Å². The molecule has 3 rings (SSSR count). The van der Waals surface area contributed by atoms with Gasteiger partial charge in [0.05, 0.1) is 17.5 Å². The van der Waals surface area contributed by atoms with Gasteiger partial charge in [-0.05, 0) is 35.4 Å². The molecule has 0 amide bonds. The van der Waals surface area contributed by atoms with Gasteiger partial charge in [0.1, 0.15) is 11.6 Å². The van der Waals surface area contributed by atoms with Gasteiger partial charge >= 0.3 is 5.97 Å². The number of carbonyl (C=O) groups is 1. The van der Waals surface area contributed by atoms with Gasteiger partial charge in [0.25, 0.3) is 0 Å². The molecule has 0 radical (unpaired) electrons. The predicted molar refractivity (Wildman–Crippen MR) is 62.5 cm³/mol. The summed E-state index contributed by atoms with van der Waals surface area (Å²) in [6, 6.07) is 3.44. The minimum absolute atomic E-state index is 0.00155. The Morgan fingerprint density at radius 3 is 2.55 bits per heavy atom. The molecule has 104 valence electrons. The molecule has 1 fully saturated rings. The van der Waals surface area contributed by atoms with E-state index >= 15 is 0 Å². The van der Waals surface area contributed by atoms with Crippen LogP contribution in [0.4, 0.5) is 8.78 Å². The molecule has 6 nitrogen and oxygen atoms in total. The van der Waals surface area contributed by atoms with Crippen LogP contribution >= 0.6 is 0 Å². The maximum absolute atomic E-state index is 13.7. The zero-order valence-electron chi connectivity index (χ0n) is 10.3. The fourth-order valence-corrected chi connectivity index (χ4v) is 2.08. The molecular weight excluding hydrogens is 270 g/mol. The lowest BCUT2D eigenvalue weighted by atomic mass is 10.1. The van der Waals surface area contributed by atoms with Crippen molar-refractivity contribution in [3.05, 3.63) is 29.8 Å². The quantitative estimate of drug-likeness (QED) is 0.917. The number of tetrazole rings is 1. The lowest BCUT2D eigenvalue weighted by Gasteiger charge is -2.11. The van der Waals surface area contributed by atoms with E-state index in [1.165, 1.54) is 6.07 Å². The van der Waals surface area contributed by atoms with Gasteiger partial charge < -0.3 is 5.11 Å². The van der Waals surface area contributed by atoms with Crippen molar-refractivity contribution in [2.24, 2.45) is 5.41 Å². The highest BCUT2D eigenvalue weighted by Crippen LogP contribution is 2.47. The Bertz CT molecular complexity index is 662. The highest BCUT2D eigenvalue weighted by Gasteiger charge is 2.51. The SMILES string of the molecule is O=C(O)C1(Cn2nnnc2-c2c(F)cccc2F)CC1. The summed E-state index contributed by atoms with van der Waals surface area (Å²) in [5.41, 5.74) is -1.27. The fourth-order valence-electron chi connectivity index (χ4n) is 2.08. The molecule has 1 aromatic carbocycles. The molecule has 0 unspecified atom stereocenters. The van der Waals surface area contributed by atoms with E-state index in [0.29, 0.717) is 12.8 Å². The third-order valence-electron chi connectivity index (χ3n) is 3.48. The number of benzene rings is 1. The van der Waals surface area contributed by atoms with Crippen LogP contribution in [0.5, 0.6) is 0 Å². The van der Waals surface area contributed by atoms with Gasteiger partial charge in [-0.25, -0.2) is 13.5 Å². The van der Waals surface area contributed by atoms with Crippen LogP contribution in [0.1, 0.15) is 12.8 Å². The van der Waals surface area contributed by atoms with Gasteiger partial charge in [-0.15, -0.1) is 5.10 Å². The minimum atomic E-state index is -0.951. The molecule has 1 N–H and O–H groups in total. The number of carboxylic acids is 1. The molecule has 1 saturated carbocycles. The van der Waals surface area contributed by atoms with Crippen molar-refractivity contribution in [2.75, 3.05) is 0 Å². The third kappa shape index (κ3) is 1.93. The topological polar surface area (TPSA) is 80.9 Å². The van der Waals surface area contributed by atoms with Crippen LogP contribution in [-0.2, 0) is 11.3 Å². The molecule has 0 spiro atoms. The third-order valence-corrected chi connectivity index (χ3v) is 3.48. The van der Waals surface area contributed by atoms with Crippen LogP contribution in [-0.4, -0.2) is 31.3 Å². The maximum atomic E-state index is 13.7. The Hall–Kier alpha value is -2.38. The van der Waals surface area contributed by atoms with Gasteiger partial charge in [-0.1, -0.05) is 6.07 Å². The molecular formula is C12H10F2N4O2. The summed E-state index contributed by atoms with van der Waals surface area (Å²) in [6.07, 6.45) is 1.00. The van der Waals surface area contributed by atoms with Crippen LogP contribution in [0.2, 0.25) is 0 Å². The number of aromatic nitrogens is 4. The Morgan fingerprint density at radius 2 is 2.00 bits per heavy atom. The van der Waals surface area contributed by atoms with Crippen LogP contribution < -0.4 is 0 Å². The second-order valence-electron chi connectivity index (χ2n) is 4.84. The molecule has 1 aliphatic carbocycles. The lowest BCUT2D eigenvalue weighted by molar-refractivity contribution is -0.144. The molecule has 20 heavy (non-hydrogen) atoms. The highest BCUT2D eigenvalue weighted by atomic mass is 19.1. The highest BCUT2D eigenvalue weighted by molar-refractivity contribution is 5.77. The number of aliphatic carboxylic acids is 1. The Balaban J connectivity index is 2.01. The summed E-state index contributed by atoms with van der Waals surface area (Å²) in [5.74, 6) is -2.64. The van der Waals surface area contributed by atoms with Crippen molar-refractivity contribution in [1.29, 1.82) is 0 Å². The van der Waals surface area contributed by atoms with Crippen molar-refractivity contribution < 1.29 is 18.7 Å². The number of hydrogen-bond acceptors (Lipinski definition) is 4. The first-order valence-corrected chi connectivity index (χ1v) is 5.97. The summed E-state index contributed by atoms with van der Waals surface area (Å²) >= 11 is 0. The first-order valence-electron chi connectivity index (χ1n) is 5.97. The van der Waals surface area contributed by atoms with Crippen LogP contribution in [0.25, 0.3) is 11.4 Å². The number of rotatable bonds is 4. The molecule has 8 heteroatoms. The number of carboxylic acid groups (broad SMARTS) is 1. The summed E-state index contributed by atoms with van der Waals surface area (Å²) < 4.78 is 28.6. The molecule has 0 saturated heterocycles. The lowest BCUT2D eigenvalue weighted by Crippen LogP contribution is -2.23. The number of halogens is 2. The van der Waals surface area contributed by atoms with Crippen molar-refractivity contribution in [1.82, 2.24) is 20.2 Å². The zero-order valence-corrected chi connectivity index (χ0v) is 10.3. The second-order valence-corrected chi connectivity index (χ2v) is 4.84. The second kappa shape index (κ2) is 4.32. The standard InChI is InChI=1S/C12H10F2N4O2/c13-7-2-1-3-8(14)9(7)10-15-16-17-18(10)6-12(4-5-12)11(19)20/h1-3H,4-6H2,(H,19,20). The van der Waals surface area contributed by atoms with Gasteiger partial charge in [0, 0.05) is 0 Å². The average Bonchev–Trinajstić information content (AvgIpc) is 3.04. The smallest absolute Gasteiger partial charge is 0.311 e. The molecule has 1 aromatic heterocycles. The van der Waals surface area contributed by atoms with E-state index < -0.39 is 23.0 Å². The van der Waals surface area contributed by atoms with Crippen LogP contribution in [0, 0.1) is 17.0 Å². The first kappa shape index (κ1) is 12.6. The fraction of sp³-hybridized carbons (Fsp3) is 0.333. The summed E-state index contributed by atoms with van der Waals surface area (Å²) in [7, 11) is 0. The van der Waals surface area contributed by atoms with E-state index in [1.807, 2.05) is 0 Å². The van der Waals surface area contributed by atoms with Gasteiger partial charge in [-0.2, -0.15) is 0 Å². The largest absolute Gasteiger partial charge is 0.481 e. The van der Waals surface area contributed by atoms with E-state index in [2.05, 4.69) is 15.5 Å². The molecule has 0 atom stereocenters. The number of nitrogens with zero attached hydrogens (tertiary/aromatic N) is 4. The van der Waals surface area contributed by atoms with Crippen molar-refractivity contribution >= 4 is 5.97 Å². The Labute approximate surface area is 112 Å². The molecule has 1 heterocycles. The molecule has 0 bridgehead atoms. The molecule has 0 aliphatic heterocycles. The summed E-state index contributed by atoms with van der Waals surface area (Å²) in [5, 5.41) is 19.8. The molecule has 2 aromatic rings. The van der Waals surface area contributed by atoms with Gasteiger partial charge in [0.15, 0.2) is 5.82 Å². The summed E-state index contributed by atoms with van der Waals surface area (Å²) in [4.78, 5) is 11.2. The predicted octanol–water partition coefficient (Wildman–Crippen LogP) is 1.48. The molecule has 1 aliphatic rings. The van der Waals surface area contributed by atoms with E-state index in [9.17, 15) is 13.6 Å². The van der Waals surface area contributed by atoms with Crippen molar-refractivity contribution in [3.8, 4) is 11.4 Å². The Kier molecular flexibility index (Phi) is 2.73. The summed E-state index contributed by atoms with van der Waals surface area (Å²) in [6.45, 7) is -0.00155. The Morgan fingerprint density at radius 1 is 1.35 bits per heavy atom. The van der Waals surface area contributed by atoms with E-state index in [4.69, 9.17) is 5.11 Å². The normalized spacial score (nSPS) is 16.1. The first-order chi connectivity index (χ1) is 9.53. The minimum Gasteiger partial charge on any atom is -0.481 e.